The Hall–Kier alpha value is -1.22. The molecule has 0 N–H and O–H groups in total. The largest absolute Gasteiger partial charge is 0.294 e. The number of fused-ring (bicyclic) bond motifs is 1. The topological polar surface area (TPSA) is 17.8 Å². The molecule has 102 valence electrons. The van der Waals surface area contributed by atoms with Crippen molar-refractivity contribution in [2.24, 2.45) is 0 Å². The van der Waals surface area contributed by atoms with Gasteiger partial charge in [-0.15, -0.1) is 11.6 Å². The number of halogens is 3. The Morgan fingerprint density at radius 3 is 2.65 bits per heavy atom. The second-order valence-electron chi connectivity index (χ2n) is 4.54. The fourth-order valence-corrected chi connectivity index (χ4v) is 2.98. The summed E-state index contributed by atoms with van der Waals surface area (Å²) in [6.45, 7) is 2.03. The van der Waals surface area contributed by atoms with Crippen LogP contribution in [0.5, 0.6) is 0 Å². The van der Waals surface area contributed by atoms with Gasteiger partial charge >= 0.3 is 0 Å². The number of para-hydroxylation sites is 1. The number of alkyl halides is 1. The average Bonchev–Trinajstić information content (AvgIpc) is 2.79. The van der Waals surface area contributed by atoms with Crippen molar-refractivity contribution in [1.82, 2.24) is 9.55 Å². The Balaban J connectivity index is 2.37. The quantitative estimate of drug-likeness (QED) is 0.578. The maximum Gasteiger partial charge on any atom is 0.129 e. The Labute approximate surface area is 131 Å². The zero-order valence-corrected chi connectivity index (χ0v) is 13.0. The molecule has 0 saturated heterocycles. The zero-order valence-electron chi connectivity index (χ0n) is 10.7. The molecule has 0 aliphatic heterocycles. The molecule has 20 heavy (non-hydrogen) atoms. The molecule has 0 aliphatic rings. The summed E-state index contributed by atoms with van der Waals surface area (Å²) < 4.78 is 1.98. The van der Waals surface area contributed by atoms with E-state index in [1.54, 1.807) is 6.07 Å². The van der Waals surface area contributed by atoms with Crippen molar-refractivity contribution in [3.05, 3.63) is 57.8 Å². The van der Waals surface area contributed by atoms with Crippen molar-refractivity contribution >= 4 is 45.8 Å². The number of aryl methyl sites for hydroxylation is 1. The predicted molar refractivity (Wildman–Crippen MR) is 85.4 cm³/mol. The van der Waals surface area contributed by atoms with Crippen molar-refractivity contribution in [3.63, 3.8) is 0 Å². The number of nitrogens with zero attached hydrogens (tertiary/aromatic N) is 2. The number of imidazole rings is 1. The third-order valence-electron chi connectivity index (χ3n) is 3.23. The van der Waals surface area contributed by atoms with Gasteiger partial charge in [-0.2, -0.15) is 0 Å². The first-order valence-corrected chi connectivity index (χ1v) is 7.39. The minimum Gasteiger partial charge on any atom is -0.294 e. The number of hydrogen-bond donors (Lipinski definition) is 0. The molecule has 0 saturated carbocycles. The molecule has 1 heterocycles. The van der Waals surface area contributed by atoms with Crippen molar-refractivity contribution in [1.29, 1.82) is 0 Å². The van der Waals surface area contributed by atoms with Crippen LogP contribution in [0.2, 0.25) is 10.0 Å². The number of rotatable bonds is 2. The van der Waals surface area contributed by atoms with E-state index in [2.05, 4.69) is 4.98 Å². The molecule has 2 aromatic carbocycles. The van der Waals surface area contributed by atoms with Crippen molar-refractivity contribution < 1.29 is 0 Å². The van der Waals surface area contributed by atoms with Crippen molar-refractivity contribution in [2.75, 3.05) is 0 Å². The van der Waals surface area contributed by atoms with Crippen molar-refractivity contribution in [3.8, 4) is 5.69 Å². The summed E-state index contributed by atoms with van der Waals surface area (Å²) in [4.78, 5) is 4.61. The van der Waals surface area contributed by atoms with Gasteiger partial charge in [0.2, 0.25) is 0 Å². The van der Waals surface area contributed by atoms with E-state index >= 15 is 0 Å². The van der Waals surface area contributed by atoms with Crippen LogP contribution < -0.4 is 0 Å². The van der Waals surface area contributed by atoms with Crippen LogP contribution >= 0.6 is 34.8 Å². The highest BCUT2D eigenvalue weighted by Gasteiger charge is 2.15. The van der Waals surface area contributed by atoms with Crippen LogP contribution in [-0.2, 0) is 5.88 Å². The number of benzene rings is 2. The smallest absolute Gasteiger partial charge is 0.129 e. The van der Waals surface area contributed by atoms with E-state index in [1.165, 1.54) is 0 Å². The van der Waals surface area contributed by atoms with Gasteiger partial charge in [-0.05, 0) is 36.8 Å². The van der Waals surface area contributed by atoms with E-state index in [-0.39, 0.29) is 0 Å². The Morgan fingerprint density at radius 2 is 1.95 bits per heavy atom. The fraction of sp³-hybridized carbons (Fsp3) is 0.133. The second-order valence-corrected chi connectivity index (χ2v) is 5.65. The summed E-state index contributed by atoms with van der Waals surface area (Å²) in [5, 5.41) is 1.18. The third kappa shape index (κ3) is 2.18. The molecule has 3 aromatic rings. The molecule has 1 aromatic heterocycles. The monoisotopic (exact) mass is 324 g/mol. The summed E-state index contributed by atoms with van der Waals surface area (Å²) in [5.74, 6) is 1.08. The number of hydrogen-bond acceptors (Lipinski definition) is 1. The van der Waals surface area contributed by atoms with Gasteiger partial charge in [-0.25, -0.2) is 4.98 Å². The summed E-state index contributed by atoms with van der Waals surface area (Å²) in [6, 6.07) is 11.4. The standard InChI is InChI=1S/C15H11Cl3N2/c1-9-3-2-4-13-15(9)19-14(8-16)20(13)12-6-5-10(17)7-11(12)18/h2-7H,8H2,1H3. The molecule has 3 rings (SSSR count). The Bertz CT molecular complexity index is 793. The van der Waals surface area contributed by atoms with Crippen molar-refractivity contribution in [2.45, 2.75) is 12.8 Å². The molecular weight excluding hydrogens is 315 g/mol. The third-order valence-corrected chi connectivity index (χ3v) is 4.00. The molecule has 5 heteroatoms. The van der Waals surface area contributed by atoms with Crippen LogP contribution in [0.1, 0.15) is 11.4 Å². The molecule has 0 atom stereocenters. The van der Waals surface area contributed by atoms with E-state index < -0.39 is 0 Å². The second kappa shape index (κ2) is 5.28. The summed E-state index contributed by atoms with van der Waals surface area (Å²) >= 11 is 18.3. The lowest BCUT2D eigenvalue weighted by Crippen LogP contribution is -2.00. The SMILES string of the molecule is Cc1cccc2c1nc(CCl)n2-c1ccc(Cl)cc1Cl. The highest BCUT2D eigenvalue weighted by atomic mass is 35.5. The van der Waals surface area contributed by atoms with E-state index in [4.69, 9.17) is 34.8 Å². The fourth-order valence-electron chi connectivity index (χ4n) is 2.31. The first kappa shape index (κ1) is 13.7. The molecule has 0 amide bonds. The van der Waals surface area contributed by atoms with Gasteiger partial charge in [-0.3, -0.25) is 4.57 Å². The lowest BCUT2D eigenvalue weighted by atomic mass is 10.2. The first-order chi connectivity index (χ1) is 9.61. The average molecular weight is 326 g/mol. The Morgan fingerprint density at radius 1 is 1.15 bits per heavy atom. The van der Waals surface area contributed by atoms with E-state index in [9.17, 15) is 0 Å². The molecule has 0 unspecified atom stereocenters. The molecule has 2 nitrogen and oxygen atoms in total. The predicted octanol–water partition coefficient (Wildman–Crippen LogP) is 5.38. The normalized spacial score (nSPS) is 11.2. The minimum atomic E-state index is 0.313. The summed E-state index contributed by atoms with van der Waals surface area (Å²) in [7, 11) is 0. The summed E-state index contributed by atoms with van der Waals surface area (Å²) in [6.07, 6.45) is 0. The van der Waals surface area contributed by atoms with Gasteiger partial charge in [-0.1, -0.05) is 35.3 Å². The van der Waals surface area contributed by atoms with Crippen LogP contribution in [0.4, 0.5) is 0 Å². The minimum absolute atomic E-state index is 0.313. The molecule has 0 aliphatic carbocycles. The van der Waals surface area contributed by atoms with Gasteiger partial charge < -0.3 is 0 Å². The molecular formula is C15H11Cl3N2. The van der Waals surface area contributed by atoms with Gasteiger partial charge in [0.05, 0.1) is 27.6 Å². The van der Waals surface area contributed by atoms with Gasteiger partial charge in [0, 0.05) is 5.02 Å². The summed E-state index contributed by atoms with van der Waals surface area (Å²) in [5.41, 5.74) is 3.87. The Kier molecular flexibility index (Phi) is 3.63. The highest BCUT2D eigenvalue weighted by Crippen LogP contribution is 2.30. The lowest BCUT2D eigenvalue weighted by molar-refractivity contribution is 0.982. The lowest BCUT2D eigenvalue weighted by Gasteiger charge is -2.10. The van der Waals surface area contributed by atoms with E-state index in [0.29, 0.717) is 15.9 Å². The zero-order chi connectivity index (χ0) is 14.3. The van der Waals surface area contributed by atoms with Crippen LogP contribution in [0, 0.1) is 6.92 Å². The van der Waals surface area contributed by atoms with E-state index in [0.717, 1.165) is 28.1 Å². The van der Waals surface area contributed by atoms with Gasteiger partial charge in [0.15, 0.2) is 0 Å². The van der Waals surface area contributed by atoms with E-state index in [1.807, 2.05) is 41.8 Å². The molecule has 0 bridgehead atoms. The molecule has 0 spiro atoms. The van der Waals surface area contributed by atoms with Crippen LogP contribution in [0.25, 0.3) is 16.7 Å². The van der Waals surface area contributed by atoms with Crippen LogP contribution in [-0.4, -0.2) is 9.55 Å². The maximum absolute atomic E-state index is 6.31. The first-order valence-electron chi connectivity index (χ1n) is 6.10. The number of aromatic nitrogens is 2. The maximum atomic E-state index is 6.31. The molecule has 0 fully saturated rings. The van der Waals surface area contributed by atoms with Crippen LogP contribution in [0.15, 0.2) is 36.4 Å². The van der Waals surface area contributed by atoms with Gasteiger partial charge in [0.25, 0.3) is 0 Å². The molecule has 0 radical (unpaired) electrons. The van der Waals surface area contributed by atoms with Gasteiger partial charge in [0.1, 0.15) is 5.82 Å². The highest BCUT2D eigenvalue weighted by molar-refractivity contribution is 6.35. The van der Waals surface area contributed by atoms with Crippen LogP contribution in [0.3, 0.4) is 0 Å².